The second-order valence-corrected chi connectivity index (χ2v) is 4.27. The van der Waals surface area contributed by atoms with Crippen LogP contribution in [0.3, 0.4) is 0 Å². The Morgan fingerprint density at radius 3 is 2.56 bits per heavy atom. The largest absolute Gasteiger partial charge is 0.497 e. The van der Waals surface area contributed by atoms with E-state index in [1.165, 1.54) is 0 Å². The zero-order valence-corrected chi connectivity index (χ0v) is 10.9. The van der Waals surface area contributed by atoms with Crippen molar-refractivity contribution in [1.82, 2.24) is 0 Å². The molecule has 18 heavy (non-hydrogen) atoms. The van der Waals surface area contributed by atoms with Crippen LogP contribution in [0.1, 0.15) is 11.1 Å². The molecule has 0 heterocycles. The summed E-state index contributed by atoms with van der Waals surface area (Å²) >= 11 is 6.03. The van der Waals surface area contributed by atoms with E-state index in [9.17, 15) is 0 Å². The van der Waals surface area contributed by atoms with Crippen LogP contribution in [0, 0.1) is 6.07 Å². The van der Waals surface area contributed by atoms with Gasteiger partial charge in [0, 0.05) is 5.02 Å². The molecule has 0 aliphatic heterocycles. The van der Waals surface area contributed by atoms with Crippen LogP contribution < -0.4 is 4.74 Å². The molecule has 0 atom stereocenters. The third kappa shape index (κ3) is 3.49. The van der Waals surface area contributed by atoms with Gasteiger partial charge in [0.15, 0.2) is 0 Å². The first-order valence-electron chi connectivity index (χ1n) is 5.65. The minimum Gasteiger partial charge on any atom is -0.497 e. The van der Waals surface area contributed by atoms with Crippen LogP contribution in [0.2, 0.25) is 5.02 Å². The van der Waals surface area contributed by atoms with Crippen LogP contribution >= 0.6 is 11.6 Å². The number of ether oxygens (including phenoxy) is 2. The highest BCUT2D eigenvalue weighted by Gasteiger charge is 2.00. The first kappa shape index (κ1) is 12.9. The SMILES string of the molecule is COc1ccc(COCc2c[c]ccc2Cl)cc1. The van der Waals surface area contributed by atoms with Crippen LogP contribution in [0.5, 0.6) is 5.75 Å². The van der Waals surface area contributed by atoms with Crippen molar-refractivity contribution in [2.75, 3.05) is 7.11 Å². The average Bonchev–Trinajstić information content (AvgIpc) is 2.42. The minimum atomic E-state index is 0.488. The quantitative estimate of drug-likeness (QED) is 0.814. The maximum absolute atomic E-state index is 6.03. The van der Waals surface area contributed by atoms with Crippen molar-refractivity contribution in [3.8, 4) is 5.75 Å². The van der Waals surface area contributed by atoms with Gasteiger partial charge in [0.05, 0.1) is 20.3 Å². The molecule has 0 saturated heterocycles. The van der Waals surface area contributed by atoms with E-state index in [1.54, 1.807) is 13.2 Å². The summed E-state index contributed by atoms with van der Waals surface area (Å²) in [5.41, 5.74) is 2.06. The van der Waals surface area contributed by atoms with Gasteiger partial charge >= 0.3 is 0 Å². The van der Waals surface area contributed by atoms with Crippen molar-refractivity contribution >= 4 is 11.6 Å². The number of rotatable bonds is 5. The zero-order chi connectivity index (χ0) is 12.8. The maximum atomic E-state index is 6.03. The molecular weight excluding hydrogens is 248 g/mol. The summed E-state index contributed by atoms with van der Waals surface area (Å²) in [6, 6.07) is 16.2. The van der Waals surface area contributed by atoms with Gasteiger partial charge in [0.2, 0.25) is 0 Å². The normalized spacial score (nSPS) is 10.3. The number of halogens is 1. The first-order valence-corrected chi connectivity index (χ1v) is 6.02. The number of benzene rings is 2. The summed E-state index contributed by atoms with van der Waals surface area (Å²) in [4.78, 5) is 0. The molecule has 93 valence electrons. The van der Waals surface area contributed by atoms with Gasteiger partial charge in [-0.3, -0.25) is 0 Å². The molecule has 0 unspecified atom stereocenters. The van der Waals surface area contributed by atoms with Crippen LogP contribution in [-0.4, -0.2) is 7.11 Å². The fraction of sp³-hybridized carbons (Fsp3) is 0.200. The molecule has 0 bridgehead atoms. The molecule has 2 nitrogen and oxygen atoms in total. The van der Waals surface area contributed by atoms with E-state index in [0.29, 0.717) is 18.2 Å². The molecule has 2 aromatic carbocycles. The van der Waals surface area contributed by atoms with E-state index in [2.05, 4.69) is 6.07 Å². The molecular formula is C15H14ClO2. The number of hydrogen-bond donors (Lipinski definition) is 0. The lowest BCUT2D eigenvalue weighted by Crippen LogP contribution is -1.95. The highest BCUT2D eigenvalue weighted by molar-refractivity contribution is 6.31. The Bertz CT molecular complexity index is 494. The van der Waals surface area contributed by atoms with Crippen molar-refractivity contribution in [1.29, 1.82) is 0 Å². The highest BCUT2D eigenvalue weighted by Crippen LogP contribution is 2.17. The van der Waals surface area contributed by atoms with Gasteiger partial charge in [-0.1, -0.05) is 29.8 Å². The van der Waals surface area contributed by atoms with Crippen LogP contribution in [0.15, 0.2) is 42.5 Å². The first-order chi connectivity index (χ1) is 8.79. The van der Waals surface area contributed by atoms with Crippen LogP contribution in [0.4, 0.5) is 0 Å². The molecule has 1 radical (unpaired) electrons. The monoisotopic (exact) mass is 261 g/mol. The van der Waals surface area contributed by atoms with E-state index >= 15 is 0 Å². The van der Waals surface area contributed by atoms with E-state index in [1.807, 2.05) is 36.4 Å². The molecule has 0 aromatic heterocycles. The Hall–Kier alpha value is -1.51. The summed E-state index contributed by atoms with van der Waals surface area (Å²) in [7, 11) is 1.65. The van der Waals surface area contributed by atoms with Gasteiger partial charge in [-0.2, -0.15) is 0 Å². The predicted molar refractivity (Wildman–Crippen MR) is 71.8 cm³/mol. The Morgan fingerprint density at radius 2 is 1.89 bits per heavy atom. The second kappa shape index (κ2) is 6.43. The average molecular weight is 262 g/mol. The summed E-state index contributed by atoms with van der Waals surface area (Å²) in [5, 5.41) is 0.712. The van der Waals surface area contributed by atoms with Gasteiger partial charge in [-0.25, -0.2) is 0 Å². The topological polar surface area (TPSA) is 18.5 Å². The lowest BCUT2D eigenvalue weighted by molar-refractivity contribution is 0.107. The lowest BCUT2D eigenvalue weighted by Gasteiger charge is -2.06. The van der Waals surface area contributed by atoms with E-state index in [-0.39, 0.29) is 0 Å². The number of methoxy groups -OCH3 is 1. The highest BCUT2D eigenvalue weighted by atomic mass is 35.5. The van der Waals surface area contributed by atoms with Crippen molar-refractivity contribution in [2.45, 2.75) is 13.2 Å². The lowest BCUT2D eigenvalue weighted by atomic mass is 10.2. The van der Waals surface area contributed by atoms with Crippen LogP contribution in [0.25, 0.3) is 0 Å². The van der Waals surface area contributed by atoms with Crippen LogP contribution in [-0.2, 0) is 18.0 Å². The molecule has 2 aromatic rings. The molecule has 0 aliphatic rings. The molecule has 0 fully saturated rings. The summed E-state index contributed by atoms with van der Waals surface area (Å²) in [6.07, 6.45) is 0. The zero-order valence-electron chi connectivity index (χ0n) is 10.2. The fourth-order valence-corrected chi connectivity index (χ4v) is 1.73. The molecule has 0 N–H and O–H groups in total. The van der Waals surface area contributed by atoms with Gasteiger partial charge in [-0.05, 0) is 41.5 Å². The Kier molecular flexibility index (Phi) is 4.62. The molecule has 0 spiro atoms. The maximum Gasteiger partial charge on any atom is 0.118 e. The van der Waals surface area contributed by atoms with E-state index < -0.39 is 0 Å². The van der Waals surface area contributed by atoms with Gasteiger partial charge in [0.25, 0.3) is 0 Å². The molecule has 0 amide bonds. The third-order valence-electron chi connectivity index (χ3n) is 2.58. The second-order valence-electron chi connectivity index (χ2n) is 3.86. The standard InChI is InChI=1S/C15H14ClO2/c1-17-14-8-6-12(7-9-14)10-18-11-13-4-2-3-5-15(13)16/h3-9H,10-11H2,1H3. The van der Waals surface area contributed by atoms with Crippen molar-refractivity contribution in [3.05, 3.63) is 64.7 Å². The smallest absolute Gasteiger partial charge is 0.118 e. The van der Waals surface area contributed by atoms with Gasteiger partial charge < -0.3 is 9.47 Å². The van der Waals surface area contributed by atoms with Crippen molar-refractivity contribution in [3.63, 3.8) is 0 Å². The summed E-state index contributed by atoms with van der Waals surface area (Å²) in [5.74, 6) is 0.847. The minimum absolute atomic E-state index is 0.488. The Balaban J connectivity index is 1.86. The van der Waals surface area contributed by atoms with E-state index in [4.69, 9.17) is 21.1 Å². The third-order valence-corrected chi connectivity index (χ3v) is 2.94. The fourth-order valence-electron chi connectivity index (χ4n) is 1.56. The summed E-state index contributed by atoms with van der Waals surface area (Å²) < 4.78 is 10.7. The van der Waals surface area contributed by atoms with E-state index in [0.717, 1.165) is 16.9 Å². The molecule has 0 saturated carbocycles. The van der Waals surface area contributed by atoms with Gasteiger partial charge in [0.1, 0.15) is 5.75 Å². The molecule has 0 aliphatic carbocycles. The molecule has 3 heteroatoms. The Morgan fingerprint density at radius 1 is 1.11 bits per heavy atom. The van der Waals surface area contributed by atoms with Gasteiger partial charge in [-0.15, -0.1) is 0 Å². The van der Waals surface area contributed by atoms with Crippen molar-refractivity contribution in [2.24, 2.45) is 0 Å². The number of hydrogen-bond acceptors (Lipinski definition) is 2. The predicted octanol–water partition coefficient (Wildman–Crippen LogP) is 3.87. The summed E-state index contributed by atoms with van der Waals surface area (Å²) in [6.45, 7) is 1.04. The molecule has 2 rings (SSSR count). The Labute approximate surface area is 112 Å². The van der Waals surface area contributed by atoms with Crippen molar-refractivity contribution < 1.29 is 9.47 Å².